The molecule has 2 heterocycles. The van der Waals surface area contributed by atoms with Gasteiger partial charge in [-0.1, -0.05) is 44.9 Å². The number of hydrogen-bond acceptors (Lipinski definition) is 4. The van der Waals surface area contributed by atoms with E-state index in [9.17, 15) is 13.2 Å². The van der Waals surface area contributed by atoms with Gasteiger partial charge in [0.1, 0.15) is 4.90 Å². The van der Waals surface area contributed by atoms with Gasteiger partial charge in [-0.2, -0.15) is 4.31 Å². The molecule has 1 N–H and O–H groups in total. The highest BCUT2D eigenvalue weighted by Gasteiger charge is 2.36. The van der Waals surface area contributed by atoms with Crippen molar-refractivity contribution in [2.45, 2.75) is 56.9 Å². The Kier molecular flexibility index (Phi) is 6.11. The normalized spacial score (nSPS) is 28.3. The van der Waals surface area contributed by atoms with Crippen LogP contribution < -0.4 is 5.32 Å². The smallest absolute Gasteiger partial charge is 0.245 e. The van der Waals surface area contributed by atoms with Crippen LogP contribution in [0.1, 0.15) is 46.0 Å². The van der Waals surface area contributed by atoms with Crippen LogP contribution in [0.3, 0.4) is 0 Å². The van der Waals surface area contributed by atoms with Crippen molar-refractivity contribution in [3.8, 4) is 0 Å². The molecule has 2 aromatic rings. The van der Waals surface area contributed by atoms with E-state index >= 15 is 0 Å². The molecule has 162 valence electrons. The molecular formula is C23H31N3O3S. The van der Waals surface area contributed by atoms with Gasteiger partial charge < -0.3 is 5.32 Å². The number of fused-ring (bicyclic) bond motifs is 1. The number of carbonyl (C=O) groups is 1. The molecule has 6 nitrogen and oxygen atoms in total. The van der Waals surface area contributed by atoms with Gasteiger partial charge in [0.25, 0.3) is 0 Å². The highest BCUT2D eigenvalue weighted by atomic mass is 32.2. The second-order valence-corrected chi connectivity index (χ2v) is 10.8. The fourth-order valence-corrected chi connectivity index (χ4v) is 6.57. The highest BCUT2D eigenvalue weighted by molar-refractivity contribution is 7.89. The van der Waals surface area contributed by atoms with Crippen LogP contribution in [0.25, 0.3) is 10.9 Å². The van der Waals surface area contributed by atoms with E-state index in [1.165, 1.54) is 10.7 Å². The summed E-state index contributed by atoms with van der Waals surface area (Å²) in [7, 11) is -3.72. The summed E-state index contributed by atoms with van der Waals surface area (Å²) in [5, 5.41) is 4.03. The third-order valence-electron chi connectivity index (χ3n) is 7.00. The van der Waals surface area contributed by atoms with Crippen molar-refractivity contribution in [3.05, 3.63) is 36.5 Å². The third kappa shape index (κ3) is 4.10. The van der Waals surface area contributed by atoms with Crippen LogP contribution in [0.4, 0.5) is 0 Å². The van der Waals surface area contributed by atoms with Crippen LogP contribution in [-0.4, -0.2) is 42.7 Å². The van der Waals surface area contributed by atoms with Crippen LogP contribution in [0.2, 0.25) is 0 Å². The molecule has 0 bridgehead atoms. The predicted molar refractivity (Wildman–Crippen MR) is 117 cm³/mol. The van der Waals surface area contributed by atoms with Crippen molar-refractivity contribution < 1.29 is 13.2 Å². The lowest BCUT2D eigenvalue weighted by molar-refractivity contribution is -0.127. The molecule has 7 heteroatoms. The monoisotopic (exact) mass is 429 g/mol. The van der Waals surface area contributed by atoms with Gasteiger partial charge in [0.05, 0.1) is 11.4 Å². The van der Waals surface area contributed by atoms with Gasteiger partial charge in [-0.15, -0.1) is 0 Å². The Bertz CT molecular complexity index is 1020. The van der Waals surface area contributed by atoms with E-state index in [0.717, 1.165) is 24.6 Å². The topological polar surface area (TPSA) is 79.4 Å². The summed E-state index contributed by atoms with van der Waals surface area (Å²) < 4.78 is 28.3. The number of amides is 1. The fraction of sp³-hybridized carbons (Fsp3) is 0.565. The number of piperidine rings is 1. The number of carbonyl (C=O) groups excluding carboxylic acids is 1. The standard InChI is InChI=1S/C23H31N3O3S/c1-16-7-3-11-20(17(16)2)25-23(27)19-10-6-14-26(15-19)30(28,29)21-12-4-8-18-9-5-13-24-22(18)21/h4-5,8-9,12-13,16-17,19-20H,3,6-7,10-11,14-15H2,1-2H3,(H,25,27). The number of aromatic nitrogens is 1. The Morgan fingerprint density at radius 1 is 1.10 bits per heavy atom. The molecule has 4 unspecified atom stereocenters. The molecule has 1 saturated heterocycles. The van der Waals surface area contributed by atoms with E-state index < -0.39 is 10.0 Å². The van der Waals surface area contributed by atoms with Crippen molar-refractivity contribution in [2.75, 3.05) is 13.1 Å². The van der Waals surface area contributed by atoms with Crippen LogP contribution in [0.15, 0.2) is 41.4 Å². The number of rotatable bonds is 4. The number of hydrogen-bond donors (Lipinski definition) is 1. The van der Waals surface area contributed by atoms with Crippen molar-refractivity contribution in [3.63, 3.8) is 0 Å². The van der Waals surface area contributed by atoms with E-state index in [2.05, 4.69) is 24.1 Å². The first kappa shape index (κ1) is 21.2. The van der Waals surface area contributed by atoms with E-state index in [-0.39, 0.29) is 29.3 Å². The molecule has 1 saturated carbocycles. The van der Waals surface area contributed by atoms with Gasteiger partial charge in [0.2, 0.25) is 15.9 Å². The van der Waals surface area contributed by atoms with E-state index in [1.807, 2.05) is 12.1 Å². The summed E-state index contributed by atoms with van der Waals surface area (Å²) in [6, 6.07) is 9.07. The van der Waals surface area contributed by atoms with Crippen LogP contribution in [-0.2, 0) is 14.8 Å². The van der Waals surface area contributed by atoms with Crippen LogP contribution >= 0.6 is 0 Å². The van der Waals surface area contributed by atoms with Gasteiger partial charge in [0.15, 0.2) is 0 Å². The number of sulfonamides is 1. The first-order valence-electron chi connectivity index (χ1n) is 11.0. The maximum atomic E-state index is 13.4. The summed E-state index contributed by atoms with van der Waals surface area (Å²) in [5.74, 6) is 0.747. The van der Waals surface area contributed by atoms with Crippen molar-refractivity contribution in [1.82, 2.24) is 14.6 Å². The van der Waals surface area contributed by atoms with E-state index in [0.29, 0.717) is 30.3 Å². The van der Waals surface area contributed by atoms with Crippen molar-refractivity contribution in [2.24, 2.45) is 17.8 Å². The molecule has 4 atom stereocenters. The number of benzene rings is 1. The summed E-state index contributed by atoms with van der Waals surface area (Å²) in [6.45, 7) is 5.12. The average Bonchev–Trinajstić information content (AvgIpc) is 2.76. The molecule has 1 aliphatic heterocycles. The molecule has 1 amide bonds. The molecule has 2 aliphatic rings. The zero-order chi connectivity index (χ0) is 21.3. The summed E-state index contributed by atoms with van der Waals surface area (Å²) in [6.07, 6.45) is 6.37. The van der Waals surface area contributed by atoms with Gasteiger partial charge in [-0.25, -0.2) is 8.42 Å². The second kappa shape index (κ2) is 8.63. The second-order valence-electron chi connectivity index (χ2n) is 8.92. The Morgan fingerprint density at radius 2 is 1.90 bits per heavy atom. The maximum Gasteiger partial charge on any atom is 0.245 e. The SMILES string of the molecule is CC1CCCC(NC(=O)C2CCCN(S(=O)(=O)c3cccc4cccnc34)C2)C1C. The Morgan fingerprint density at radius 3 is 2.73 bits per heavy atom. The highest BCUT2D eigenvalue weighted by Crippen LogP contribution is 2.31. The van der Waals surface area contributed by atoms with Gasteiger partial charge in [-0.05, 0) is 43.2 Å². The number of nitrogens with one attached hydrogen (secondary N) is 1. The summed E-state index contributed by atoms with van der Waals surface area (Å²) >= 11 is 0. The minimum atomic E-state index is -3.72. The average molecular weight is 430 g/mol. The zero-order valence-corrected chi connectivity index (χ0v) is 18.6. The molecule has 1 aliphatic carbocycles. The molecule has 0 spiro atoms. The lowest BCUT2D eigenvalue weighted by atomic mass is 9.78. The lowest BCUT2D eigenvalue weighted by Gasteiger charge is -2.37. The number of nitrogens with zero attached hydrogens (tertiary/aromatic N) is 2. The fourth-order valence-electron chi connectivity index (χ4n) is 4.88. The van der Waals surface area contributed by atoms with Crippen LogP contribution in [0.5, 0.6) is 0 Å². The molecule has 0 radical (unpaired) electrons. The summed E-state index contributed by atoms with van der Waals surface area (Å²) in [4.78, 5) is 17.5. The van der Waals surface area contributed by atoms with Crippen molar-refractivity contribution in [1.29, 1.82) is 0 Å². The first-order valence-corrected chi connectivity index (χ1v) is 12.5. The Balaban J connectivity index is 1.51. The maximum absolute atomic E-state index is 13.4. The van der Waals surface area contributed by atoms with Gasteiger partial charge in [0, 0.05) is 30.7 Å². The van der Waals surface area contributed by atoms with Gasteiger partial charge in [-0.3, -0.25) is 9.78 Å². The molecule has 1 aromatic carbocycles. The lowest BCUT2D eigenvalue weighted by Crippen LogP contribution is -2.50. The Labute approximate surface area is 179 Å². The molecule has 2 fully saturated rings. The quantitative estimate of drug-likeness (QED) is 0.806. The molecule has 4 rings (SSSR count). The first-order chi connectivity index (χ1) is 14.4. The summed E-state index contributed by atoms with van der Waals surface area (Å²) in [5.41, 5.74) is 0.483. The Hall–Kier alpha value is -1.99. The number of pyridine rings is 1. The third-order valence-corrected chi connectivity index (χ3v) is 8.90. The molecular weight excluding hydrogens is 398 g/mol. The zero-order valence-electron chi connectivity index (χ0n) is 17.8. The van der Waals surface area contributed by atoms with Crippen LogP contribution in [0, 0.1) is 17.8 Å². The van der Waals surface area contributed by atoms with E-state index in [4.69, 9.17) is 0 Å². The molecule has 1 aromatic heterocycles. The predicted octanol–water partition coefficient (Wildman–Crippen LogP) is 3.58. The van der Waals surface area contributed by atoms with Gasteiger partial charge >= 0.3 is 0 Å². The minimum Gasteiger partial charge on any atom is -0.353 e. The van der Waals surface area contributed by atoms with Crippen molar-refractivity contribution >= 4 is 26.8 Å². The molecule has 30 heavy (non-hydrogen) atoms. The van der Waals surface area contributed by atoms with E-state index in [1.54, 1.807) is 24.4 Å². The largest absolute Gasteiger partial charge is 0.353 e. The number of para-hydroxylation sites is 1. The minimum absolute atomic E-state index is 0.00288.